The second kappa shape index (κ2) is 18.2. The van der Waals surface area contributed by atoms with E-state index in [2.05, 4.69) is 164 Å². The summed E-state index contributed by atoms with van der Waals surface area (Å²) in [4.78, 5) is 21.2. The maximum atomic E-state index is 6.52. The Kier molecular flexibility index (Phi) is 10.1. The highest BCUT2D eigenvalue weighted by Gasteiger charge is 2.22. The van der Waals surface area contributed by atoms with Gasteiger partial charge in [-0.2, -0.15) is 0 Å². The molecule has 0 spiro atoms. The molecule has 0 aliphatic rings. The molecule has 8 heteroatoms. The van der Waals surface area contributed by atoms with Crippen LogP contribution >= 0.6 is 0 Å². The molecular formula is C74H42N4O4. The Hall–Kier alpha value is -11.2. The first-order valence-electron chi connectivity index (χ1n) is 27.3. The molecule has 0 aliphatic heterocycles. The molecular weight excluding hydrogens is 1010 g/mol. The van der Waals surface area contributed by atoms with Crippen LogP contribution < -0.4 is 0 Å². The predicted molar refractivity (Wildman–Crippen MR) is 330 cm³/mol. The van der Waals surface area contributed by atoms with E-state index >= 15 is 0 Å². The van der Waals surface area contributed by atoms with Gasteiger partial charge in [0.25, 0.3) is 0 Å². The summed E-state index contributed by atoms with van der Waals surface area (Å²) in [7, 11) is 0. The lowest BCUT2D eigenvalue weighted by Crippen LogP contribution is -1.97. The molecule has 0 bridgehead atoms. The van der Waals surface area contributed by atoms with Crippen molar-refractivity contribution in [3.8, 4) is 90.5 Å². The zero-order valence-corrected chi connectivity index (χ0v) is 43.7. The number of rotatable bonds is 8. The van der Waals surface area contributed by atoms with E-state index in [9.17, 15) is 0 Å². The van der Waals surface area contributed by atoms with Crippen LogP contribution in [0, 0.1) is 0 Å². The topological polar surface area (TPSA) is 104 Å². The molecule has 382 valence electrons. The summed E-state index contributed by atoms with van der Waals surface area (Å²) in [6, 6.07) is 87.7. The number of aromatic nitrogens is 4. The van der Waals surface area contributed by atoms with Crippen LogP contribution in [0.4, 0.5) is 0 Å². The monoisotopic (exact) mass is 1050 g/mol. The highest BCUT2D eigenvalue weighted by Crippen LogP contribution is 2.43. The fourth-order valence-corrected chi connectivity index (χ4v) is 11.9. The fourth-order valence-electron chi connectivity index (χ4n) is 11.9. The van der Waals surface area contributed by atoms with Crippen LogP contribution in [-0.4, -0.2) is 19.9 Å². The van der Waals surface area contributed by atoms with Crippen molar-refractivity contribution < 1.29 is 17.7 Å². The number of hydrogen-bond donors (Lipinski definition) is 0. The lowest BCUT2D eigenvalue weighted by Gasteiger charge is -2.16. The van der Waals surface area contributed by atoms with E-state index in [1.807, 2.05) is 91.0 Å². The first-order valence-corrected chi connectivity index (χ1v) is 27.3. The predicted octanol–water partition coefficient (Wildman–Crippen LogP) is 20.2. The summed E-state index contributed by atoms with van der Waals surface area (Å²) in [5, 5.41) is 10.6. The van der Waals surface area contributed by atoms with Crippen molar-refractivity contribution in [2.45, 2.75) is 0 Å². The van der Waals surface area contributed by atoms with Crippen molar-refractivity contribution in [3.05, 3.63) is 255 Å². The van der Waals surface area contributed by atoms with Gasteiger partial charge < -0.3 is 17.7 Å². The van der Waals surface area contributed by atoms with Gasteiger partial charge in [-0.3, -0.25) is 0 Å². The molecule has 0 radical (unpaired) electrons. The lowest BCUT2D eigenvalue weighted by atomic mass is 9.89. The van der Waals surface area contributed by atoms with Crippen LogP contribution in [0.3, 0.4) is 0 Å². The Morgan fingerprint density at radius 2 is 0.671 bits per heavy atom. The molecule has 82 heavy (non-hydrogen) atoms. The molecule has 0 saturated heterocycles. The van der Waals surface area contributed by atoms with Gasteiger partial charge in [0.2, 0.25) is 0 Å². The molecule has 0 amide bonds. The Morgan fingerprint density at radius 1 is 0.207 bits per heavy atom. The van der Waals surface area contributed by atoms with Gasteiger partial charge in [0.15, 0.2) is 23.2 Å². The Labute approximate surface area is 467 Å². The van der Waals surface area contributed by atoms with Gasteiger partial charge in [-0.1, -0.05) is 164 Å². The van der Waals surface area contributed by atoms with Gasteiger partial charge in [0, 0.05) is 54.6 Å². The molecule has 11 aromatic carbocycles. The normalized spacial score (nSPS) is 11.9. The zero-order chi connectivity index (χ0) is 53.8. The van der Waals surface area contributed by atoms with Crippen LogP contribution in [0.5, 0.6) is 0 Å². The molecule has 0 saturated carbocycles. The molecule has 0 atom stereocenters. The van der Waals surface area contributed by atoms with Crippen molar-refractivity contribution >= 4 is 87.4 Å². The van der Waals surface area contributed by atoms with Crippen LogP contribution in [-0.2, 0) is 0 Å². The SMILES string of the molecule is c1ccc(-c2ccccc2-c2cc(-c3cc4ccccc4o3)nc(-c3ccc4oc5cc6ccccc6cc5c4c3)n2)c(-c2ccc3c(-c4cc(-c5cc6ccccc6o5)nc(-c5ccc6c(c5)oc5ccccc56)n4)cccc3c2)c1. The standard InChI is InChI=1S/C74H42N4O4/c1-2-15-44-37-70-60(35-43(44)14-1)59-36-49(30-33-68(59)82-70)73-76-62(42-64(77-73)72-39-48-17-4-11-26-66(48)80-72)56-22-8-7-21-54(56)53-20-6-5-19-51(53)46-28-31-52-45(34-46)18-13-24-55(52)61-41-63(71-38-47-16-3-10-25-65(47)79-71)78-74(75-61)50-29-32-58-57-23-9-12-27-67(57)81-69(58)40-50/h1-42H. The Morgan fingerprint density at radius 3 is 1.38 bits per heavy atom. The highest BCUT2D eigenvalue weighted by atomic mass is 16.3. The molecule has 6 aromatic heterocycles. The van der Waals surface area contributed by atoms with E-state index in [-0.39, 0.29) is 0 Å². The Balaban J connectivity index is 0.784. The average Bonchev–Trinajstić information content (AvgIpc) is 4.45. The second-order valence-corrected chi connectivity index (χ2v) is 20.9. The summed E-state index contributed by atoms with van der Waals surface area (Å²) in [5.74, 6) is 2.47. The van der Waals surface area contributed by atoms with E-state index in [1.54, 1.807) is 0 Å². The minimum Gasteiger partial charge on any atom is -0.456 e. The van der Waals surface area contributed by atoms with Crippen LogP contribution in [0.1, 0.15) is 0 Å². The van der Waals surface area contributed by atoms with Gasteiger partial charge in [-0.05, 0) is 135 Å². The maximum Gasteiger partial charge on any atom is 0.160 e. The molecule has 0 fully saturated rings. The smallest absolute Gasteiger partial charge is 0.160 e. The lowest BCUT2D eigenvalue weighted by molar-refractivity contribution is 0.628. The molecule has 17 aromatic rings. The van der Waals surface area contributed by atoms with Gasteiger partial charge in [0.1, 0.15) is 44.9 Å². The van der Waals surface area contributed by atoms with Crippen molar-refractivity contribution in [1.29, 1.82) is 0 Å². The van der Waals surface area contributed by atoms with Crippen LogP contribution in [0.25, 0.3) is 178 Å². The van der Waals surface area contributed by atoms with Gasteiger partial charge >= 0.3 is 0 Å². The number of benzene rings is 11. The molecule has 17 rings (SSSR count). The molecule has 0 unspecified atom stereocenters. The van der Waals surface area contributed by atoms with Gasteiger partial charge in [-0.15, -0.1) is 0 Å². The number of nitrogens with zero attached hydrogens (tertiary/aromatic N) is 4. The zero-order valence-electron chi connectivity index (χ0n) is 43.7. The number of furan rings is 4. The first-order chi connectivity index (χ1) is 40.5. The summed E-state index contributed by atoms with van der Waals surface area (Å²) in [6.45, 7) is 0. The summed E-state index contributed by atoms with van der Waals surface area (Å²) in [5.41, 5.74) is 15.6. The quantitative estimate of drug-likeness (QED) is 0.148. The summed E-state index contributed by atoms with van der Waals surface area (Å²) >= 11 is 0. The van der Waals surface area contributed by atoms with E-state index in [4.69, 9.17) is 37.6 Å². The van der Waals surface area contributed by atoms with E-state index in [0.717, 1.165) is 143 Å². The molecule has 6 heterocycles. The minimum atomic E-state index is 0.568. The first kappa shape index (κ1) is 45.8. The average molecular weight is 1050 g/mol. The van der Waals surface area contributed by atoms with Crippen molar-refractivity contribution in [2.24, 2.45) is 0 Å². The molecule has 0 N–H and O–H groups in total. The van der Waals surface area contributed by atoms with E-state index < -0.39 is 0 Å². The van der Waals surface area contributed by atoms with E-state index in [0.29, 0.717) is 34.6 Å². The van der Waals surface area contributed by atoms with Gasteiger partial charge in [0.05, 0.1) is 11.4 Å². The van der Waals surface area contributed by atoms with Crippen molar-refractivity contribution in [2.75, 3.05) is 0 Å². The molecule has 8 nitrogen and oxygen atoms in total. The maximum absolute atomic E-state index is 6.52. The molecule has 0 aliphatic carbocycles. The third-order valence-corrected chi connectivity index (χ3v) is 15.9. The largest absolute Gasteiger partial charge is 0.456 e. The minimum absolute atomic E-state index is 0.568. The fraction of sp³-hybridized carbons (Fsp3) is 0. The Bertz CT molecular complexity index is 5380. The second-order valence-electron chi connectivity index (χ2n) is 20.9. The number of para-hydroxylation sites is 3. The third-order valence-electron chi connectivity index (χ3n) is 15.9. The van der Waals surface area contributed by atoms with Crippen molar-refractivity contribution in [3.63, 3.8) is 0 Å². The highest BCUT2D eigenvalue weighted by molar-refractivity contribution is 6.11. The van der Waals surface area contributed by atoms with Gasteiger partial charge in [-0.25, -0.2) is 19.9 Å². The third kappa shape index (κ3) is 7.61. The van der Waals surface area contributed by atoms with E-state index in [1.165, 1.54) is 0 Å². The van der Waals surface area contributed by atoms with Crippen LogP contribution in [0.15, 0.2) is 272 Å². The summed E-state index contributed by atoms with van der Waals surface area (Å²) < 4.78 is 25.8. The number of fused-ring (bicyclic) bond motifs is 10. The van der Waals surface area contributed by atoms with Crippen LogP contribution in [0.2, 0.25) is 0 Å². The number of hydrogen-bond acceptors (Lipinski definition) is 8. The summed E-state index contributed by atoms with van der Waals surface area (Å²) in [6.07, 6.45) is 0. The van der Waals surface area contributed by atoms with Crippen molar-refractivity contribution in [1.82, 2.24) is 19.9 Å².